The molecule has 0 aliphatic rings. The molecule has 0 aliphatic heterocycles. The summed E-state index contributed by atoms with van der Waals surface area (Å²) in [4.78, 5) is 17.5. The van der Waals surface area contributed by atoms with E-state index in [1.807, 2.05) is 31.2 Å². The van der Waals surface area contributed by atoms with Gasteiger partial charge in [-0.2, -0.15) is 9.67 Å². The Morgan fingerprint density at radius 3 is 2.63 bits per heavy atom. The minimum absolute atomic E-state index is 0.126. The molecule has 0 radical (unpaired) electrons. The third-order valence-corrected chi connectivity index (χ3v) is 4.00. The van der Waals surface area contributed by atoms with Crippen LogP contribution < -0.4 is 9.47 Å². The summed E-state index contributed by atoms with van der Waals surface area (Å²) in [5.41, 5.74) is 2.23. The van der Waals surface area contributed by atoms with Crippen molar-refractivity contribution in [2.24, 2.45) is 0 Å². The minimum Gasteiger partial charge on any atom is -0.497 e. The number of hydrogen-bond acceptors (Lipinski definition) is 6. The van der Waals surface area contributed by atoms with E-state index in [2.05, 4.69) is 10.1 Å². The van der Waals surface area contributed by atoms with Crippen molar-refractivity contribution in [2.75, 3.05) is 27.4 Å². The highest BCUT2D eigenvalue weighted by molar-refractivity contribution is 5.97. The van der Waals surface area contributed by atoms with Gasteiger partial charge in [0.15, 0.2) is 5.82 Å². The van der Waals surface area contributed by atoms with E-state index in [9.17, 15) is 4.79 Å². The average molecular weight is 367 g/mol. The molecule has 0 bridgehead atoms. The van der Waals surface area contributed by atoms with Crippen molar-refractivity contribution in [3.8, 4) is 23.1 Å². The summed E-state index contributed by atoms with van der Waals surface area (Å²) in [5.74, 6) is 0.699. The fraction of sp³-hybridized carbons (Fsp3) is 0.250. The lowest BCUT2D eigenvalue weighted by Crippen LogP contribution is -2.16. The van der Waals surface area contributed by atoms with E-state index in [0.29, 0.717) is 30.4 Å². The fourth-order valence-corrected chi connectivity index (χ4v) is 2.59. The van der Waals surface area contributed by atoms with Gasteiger partial charge in [-0.3, -0.25) is 4.79 Å². The molecule has 7 heteroatoms. The number of rotatable bonds is 7. The van der Waals surface area contributed by atoms with Crippen LogP contribution in [-0.2, 0) is 4.74 Å². The van der Waals surface area contributed by atoms with Gasteiger partial charge in [0, 0.05) is 18.2 Å². The first kappa shape index (κ1) is 18.6. The molecule has 0 aliphatic carbocycles. The van der Waals surface area contributed by atoms with E-state index in [-0.39, 0.29) is 11.9 Å². The lowest BCUT2D eigenvalue weighted by atomic mass is 10.1. The van der Waals surface area contributed by atoms with Gasteiger partial charge in [-0.15, -0.1) is 5.10 Å². The third kappa shape index (κ3) is 4.15. The number of ether oxygens (including phenoxy) is 3. The molecule has 1 aromatic heterocycles. The molecule has 0 unspecified atom stereocenters. The van der Waals surface area contributed by atoms with Crippen LogP contribution in [-0.4, -0.2) is 48.1 Å². The lowest BCUT2D eigenvalue weighted by molar-refractivity contribution is 0.0942. The van der Waals surface area contributed by atoms with Crippen LogP contribution in [0.3, 0.4) is 0 Å². The van der Waals surface area contributed by atoms with Crippen LogP contribution in [0, 0.1) is 6.92 Å². The minimum atomic E-state index is -0.318. The largest absolute Gasteiger partial charge is 0.497 e. The normalized spacial score (nSPS) is 10.6. The maximum absolute atomic E-state index is 13.1. The van der Waals surface area contributed by atoms with Crippen molar-refractivity contribution in [1.29, 1.82) is 0 Å². The van der Waals surface area contributed by atoms with Crippen LogP contribution >= 0.6 is 0 Å². The second-order valence-electron chi connectivity index (χ2n) is 5.82. The summed E-state index contributed by atoms with van der Waals surface area (Å²) in [6.45, 7) is 2.65. The predicted octanol–water partition coefficient (Wildman–Crippen LogP) is 2.98. The second-order valence-corrected chi connectivity index (χ2v) is 5.82. The molecule has 0 saturated heterocycles. The van der Waals surface area contributed by atoms with Gasteiger partial charge in [-0.1, -0.05) is 30.3 Å². The van der Waals surface area contributed by atoms with E-state index >= 15 is 0 Å². The number of aryl methyl sites for hydroxylation is 1. The van der Waals surface area contributed by atoms with Gasteiger partial charge in [-0.05, 0) is 30.7 Å². The van der Waals surface area contributed by atoms with Gasteiger partial charge in [-0.25, -0.2) is 0 Å². The highest BCUT2D eigenvalue weighted by atomic mass is 16.5. The smallest absolute Gasteiger partial charge is 0.336 e. The van der Waals surface area contributed by atoms with E-state index in [1.165, 1.54) is 4.68 Å². The molecular weight excluding hydrogens is 346 g/mol. The summed E-state index contributed by atoms with van der Waals surface area (Å²) in [6.07, 6.45) is 0. The summed E-state index contributed by atoms with van der Waals surface area (Å²) in [6, 6.07) is 14.7. The molecule has 3 aromatic rings. The lowest BCUT2D eigenvalue weighted by Gasteiger charge is -2.07. The van der Waals surface area contributed by atoms with Gasteiger partial charge in [0.25, 0.3) is 5.91 Å². The Labute approximate surface area is 157 Å². The number of nitrogens with zero attached hydrogens (tertiary/aromatic N) is 3. The summed E-state index contributed by atoms with van der Waals surface area (Å²) in [5, 5.41) is 4.27. The molecule has 0 saturated carbocycles. The van der Waals surface area contributed by atoms with Crippen LogP contribution in [0.25, 0.3) is 11.4 Å². The molecule has 7 nitrogen and oxygen atoms in total. The zero-order valence-corrected chi connectivity index (χ0v) is 15.5. The molecule has 0 atom stereocenters. The zero-order valence-electron chi connectivity index (χ0n) is 15.5. The Kier molecular flexibility index (Phi) is 5.83. The average Bonchev–Trinajstić information content (AvgIpc) is 3.12. The number of carbonyl (C=O) groups is 1. The topological polar surface area (TPSA) is 75.5 Å². The van der Waals surface area contributed by atoms with E-state index < -0.39 is 0 Å². The van der Waals surface area contributed by atoms with Crippen LogP contribution in [0.2, 0.25) is 0 Å². The van der Waals surface area contributed by atoms with E-state index in [1.54, 1.807) is 38.5 Å². The van der Waals surface area contributed by atoms with Crippen molar-refractivity contribution in [1.82, 2.24) is 14.8 Å². The van der Waals surface area contributed by atoms with Crippen molar-refractivity contribution in [3.05, 3.63) is 59.7 Å². The van der Waals surface area contributed by atoms with E-state index in [4.69, 9.17) is 14.2 Å². The SMILES string of the molecule is COCCOc1nc(-c2ccccc2C)n(C(=O)c2cccc(OC)c2)n1. The molecular formula is C20H21N3O4. The maximum Gasteiger partial charge on any atom is 0.336 e. The van der Waals surface area contributed by atoms with Gasteiger partial charge >= 0.3 is 6.01 Å². The summed E-state index contributed by atoms with van der Waals surface area (Å²) in [7, 11) is 3.14. The number of hydrogen-bond donors (Lipinski definition) is 0. The highest BCUT2D eigenvalue weighted by Crippen LogP contribution is 2.25. The highest BCUT2D eigenvalue weighted by Gasteiger charge is 2.21. The number of aromatic nitrogens is 3. The molecule has 2 aromatic carbocycles. The molecule has 0 fully saturated rings. The number of carbonyl (C=O) groups excluding carboxylic acids is 1. The molecule has 27 heavy (non-hydrogen) atoms. The Balaban J connectivity index is 2.03. The number of methoxy groups -OCH3 is 2. The van der Waals surface area contributed by atoms with Gasteiger partial charge in [0.1, 0.15) is 12.4 Å². The van der Waals surface area contributed by atoms with Crippen LogP contribution in [0.15, 0.2) is 48.5 Å². The fourth-order valence-electron chi connectivity index (χ4n) is 2.59. The molecule has 0 amide bonds. The molecule has 0 N–H and O–H groups in total. The Morgan fingerprint density at radius 1 is 1.07 bits per heavy atom. The van der Waals surface area contributed by atoms with Crippen LogP contribution in [0.5, 0.6) is 11.8 Å². The molecule has 140 valence electrons. The maximum atomic E-state index is 13.1. The third-order valence-electron chi connectivity index (χ3n) is 4.00. The number of benzene rings is 2. The first-order valence-corrected chi connectivity index (χ1v) is 8.47. The Morgan fingerprint density at radius 2 is 1.89 bits per heavy atom. The first-order chi connectivity index (χ1) is 13.1. The van der Waals surface area contributed by atoms with Crippen molar-refractivity contribution >= 4 is 5.91 Å². The van der Waals surface area contributed by atoms with Crippen LogP contribution in [0.4, 0.5) is 0 Å². The standard InChI is InChI=1S/C20H21N3O4/c1-14-7-4-5-10-17(14)18-21-20(27-12-11-25-2)22-23(18)19(24)15-8-6-9-16(13-15)26-3/h4-10,13H,11-12H2,1-3H3. The quantitative estimate of drug-likeness (QED) is 0.598. The van der Waals surface area contributed by atoms with Gasteiger partial charge in [0.05, 0.1) is 13.7 Å². The summed E-state index contributed by atoms with van der Waals surface area (Å²) >= 11 is 0. The monoisotopic (exact) mass is 367 g/mol. The van der Waals surface area contributed by atoms with Crippen molar-refractivity contribution < 1.29 is 19.0 Å². The summed E-state index contributed by atoms with van der Waals surface area (Å²) < 4.78 is 17.0. The Hall–Kier alpha value is -3.19. The second kappa shape index (κ2) is 8.46. The van der Waals surface area contributed by atoms with Gasteiger partial charge in [0.2, 0.25) is 0 Å². The van der Waals surface area contributed by atoms with Crippen molar-refractivity contribution in [2.45, 2.75) is 6.92 Å². The molecule has 3 rings (SSSR count). The first-order valence-electron chi connectivity index (χ1n) is 8.47. The van der Waals surface area contributed by atoms with Crippen molar-refractivity contribution in [3.63, 3.8) is 0 Å². The van der Waals surface area contributed by atoms with Crippen LogP contribution in [0.1, 0.15) is 15.9 Å². The predicted molar refractivity (Wildman–Crippen MR) is 100 cm³/mol. The van der Waals surface area contributed by atoms with E-state index in [0.717, 1.165) is 11.1 Å². The zero-order chi connectivity index (χ0) is 19.2. The Bertz CT molecular complexity index is 936. The molecule has 0 spiro atoms. The van der Waals surface area contributed by atoms with Gasteiger partial charge < -0.3 is 14.2 Å². The molecule has 1 heterocycles.